The number of hydrogen-bond donors (Lipinski definition) is 1. The predicted octanol–water partition coefficient (Wildman–Crippen LogP) is 3.41. The summed E-state index contributed by atoms with van der Waals surface area (Å²) in [6.45, 7) is 4.48. The van der Waals surface area contributed by atoms with E-state index >= 15 is 0 Å². The number of thiophene rings is 1. The van der Waals surface area contributed by atoms with Gasteiger partial charge < -0.3 is 5.32 Å². The van der Waals surface area contributed by atoms with Crippen LogP contribution in [0.5, 0.6) is 0 Å². The number of anilines is 1. The summed E-state index contributed by atoms with van der Waals surface area (Å²) in [5, 5.41) is 19.3. The standard InChI is InChI=1S/C17H15N7O2S/c1-10-11(2)27-16-14(10)15(21-17(22-16)23-9-18-8-20-23)19-7-12-4-3-5-13(6-12)24(25)26/h3-6,8-9H,7H2,1-2H3,(H,19,21,22). The molecule has 10 heteroatoms. The van der Waals surface area contributed by atoms with E-state index in [9.17, 15) is 10.1 Å². The van der Waals surface area contributed by atoms with Crippen LogP contribution in [0.15, 0.2) is 36.9 Å². The van der Waals surface area contributed by atoms with E-state index in [1.54, 1.807) is 29.8 Å². The molecule has 0 aliphatic rings. The van der Waals surface area contributed by atoms with Crippen molar-refractivity contribution in [3.05, 3.63) is 63.0 Å². The van der Waals surface area contributed by atoms with Crippen molar-refractivity contribution < 1.29 is 4.92 Å². The minimum Gasteiger partial charge on any atom is -0.365 e. The molecule has 3 heterocycles. The van der Waals surface area contributed by atoms with Crippen molar-refractivity contribution in [3.63, 3.8) is 0 Å². The molecule has 0 saturated heterocycles. The number of rotatable bonds is 5. The molecule has 0 bridgehead atoms. The number of hydrogen-bond acceptors (Lipinski definition) is 8. The van der Waals surface area contributed by atoms with E-state index in [1.807, 2.05) is 19.9 Å². The number of nitrogens with zero attached hydrogens (tertiary/aromatic N) is 6. The highest BCUT2D eigenvalue weighted by Crippen LogP contribution is 2.34. The highest BCUT2D eigenvalue weighted by atomic mass is 32.1. The first kappa shape index (κ1) is 17.0. The Balaban J connectivity index is 1.73. The van der Waals surface area contributed by atoms with Crippen LogP contribution in [0.4, 0.5) is 11.5 Å². The minimum atomic E-state index is -0.401. The average molecular weight is 381 g/mol. The van der Waals surface area contributed by atoms with E-state index in [4.69, 9.17) is 0 Å². The van der Waals surface area contributed by atoms with Crippen molar-refractivity contribution in [2.45, 2.75) is 20.4 Å². The Bertz CT molecular complexity index is 1140. The predicted molar refractivity (Wildman–Crippen MR) is 102 cm³/mol. The molecule has 1 aromatic carbocycles. The van der Waals surface area contributed by atoms with Crippen molar-refractivity contribution in [2.24, 2.45) is 0 Å². The van der Waals surface area contributed by atoms with Gasteiger partial charge in [-0.1, -0.05) is 12.1 Å². The third-order valence-electron chi connectivity index (χ3n) is 4.22. The Morgan fingerprint density at radius 2 is 2.15 bits per heavy atom. The summed E-state index contributed by atoms with van der Waals surface area (Å²) in [6, 6.07) is 6.53. The van der Waals surface area contributed by atoms with Crippen LogP contribution in [0.3, 0.4) is 0 Å². The molecule has 0 unspecified atom stereocenters. The van der Waals surface area contributed by atoms with Crippen LogP contribution in [-0.4, -0.2) is 29.7 Å². The first-order valence-corrected chi connectivity index (χ1v) is 8.94. The maximum absolute atomic E-state index is 11.0. The van der Waals surface area contributed by atoms with E-state index in [1.165, 1.54) is 17.1 Å². The minimum absolute atomic E-state index is 0.0630. The molecule has 0 amide bonds. The van der Waals surface area contributed by atoms with Gasteiger partial charge in [0, 0.05) is 23.6 Å². The summed E-state index contributed by atoms with van der Waals surface area (Å²) in [7, 11) is 0. The van der Waals surface area contributed by atoms with Gasteiger partial charge in [-0.15, -0.1) is 11.3 Å². The molecule has 0 radical (unpaired) electrons. The Morgan fingerprint density at radius 1 is 1.30 bits per heavy atom. The van der Waals surface area contributed by atoms with E-state index < -0.39 is 4.92 Å². The summed E-state index contributed by atoms with van der Waals surface area (Å²) >= 11 is 1.59. The molecule has 3 aromatic heterocycles. The monoisotopic (exact) mass is 381 g/mol. The lowest BCUT2D eigenvalue weighted by Crippen LogP contribution is -2.07. The zero-order chi connectivity index (χ0) is 19.0. The molecule has 27 heavy (non-hydrogen) atoms. The molecule has 4 rings (SSSR count). The molecule has 136 valence electrons. The van der Waals surface area contributed by atoms with Crippen LogP contribution in [-0.2, 0) is 6.54 Å². The molecule has 1 N–H and O–H groups in total. The van der Waals surface area contributed by atoms with Gasteiger partial charge in [0.05, 0.1) is 10.3 Å². The molecule has 0 atom stereocenters. The third-order valence-corrected chi connectivity index (χ3v) is 5.32. The van der Waals surface area contributed by atoms with Gasteiger partial charge in [-0.3, -0.25) is 10.1 Å². The number of non-ortho nitro benzene ring substituents is 1. The van der Waals surface area contributed by atoms with Crippen molar-refractivity contribution in [1.29, 1.82) is 0 Å². The fraction of sp³-hybridized carbons (Fsp3) is 0.176. The van der Waals surface area contributed by atoms with E-state index in [0.717, 1.165) is 26.2 Å². The first-order valence-electron chi connectivity index (χ1n) is 8.13. The van der Waals surface area contributed by atoms with Gasteiger partial charge in [-0.05, 0) is 25.0 Å². The first-order chi connectivity index (χ1) is 13.0. The van der Waals surface area contributed by atoms with Crippen molar-refractivity contribution in [1.82, 2.24) is 24.7 Å². The lowest BCUT2D eigenvalue weighted by atomic mass is 10.2. The molecule has 9 nitrogen and oxygen atoms in total. The van der Waals surface area contributed by atoms with Gasteiger partial charge in [-0.25, -0.2) is 4.98 Å². The lowest BCUT2D eigenvalue weighted by Gasteiger charge is -2.09. The van der Waals surface area contributed by atoms with Crippen LogP contribution in [0, 0.1) is 24.0 Å². The summed E-state index contributed by atoms with van der Waals surface area (Å²) in [5.41, 5.74) is 1.97. The van der Waals surface area contributed by atoms with Gasteiger partial charge in [0.25, 0.3) is 11.6 Å². The largest absolute Gasteiger partial charge is 0.365 e. The number of benzene rings is 1. The van der Waals surface area contributed by atoms with Gasteiger partial charge in [-0.2, -0.15) is 19.7 Å². The van der Waals surface area contributed by atoms with Crippen LogP contribution >= 0.6 is 11.3 Å². The molecule has 0 aliphatic heterocycles. The summed E-state index contributed by atoms with van der Waals surface area (Å²) in [5.74, 6) is 1.08. The Hall–Kier alpha value is -3.40. The topological polar surface area (TPSA) is 112 Å². The fourth-order valence-corrected chi connectivity index (χ4v) is 3.77. The molecule has 0 saturated carbocycles. The summed E-state index contributed by atoms with van der Waals surface area (Å²) < 4.78 is 1.50. The lowest BCUT2D eigenvalue weighted by molar-refractivity contribution is -0.384. The summed E-state index contributed by atoms with van der Waals surface area (Å²) in [6.07, 6.45) is 2.97. The van der Waals surface area contributed by atoms with Crippen LogP contribution < -0.4 is 5.32 Å². The fourth-order valence-electron chi connectivity index (χ4n) is 2.75. The van der Waals surface area contributed by atoms with Crippen molar-refractivity contribution >= 4 is 33.1 Å². The van der Waals surface area contributed by atoms with Gasteiger partial charge in [0.1, 0.15) is 23.3 Å². The highest BCUT2D eigenvalue weighted by molar-refractivity contribution is 7.18. The molecule has 0 aliphatic carbocycles. The maximum Gasteiger partial charge on any atom is 0.269 e. The normalized spacial score (nSPS) is 11.0. The van der Waals surface area contributed by atoms with E-state index in [-0.39, 0.29) is 5.69 Å². The molecule has 0 fully saturated rings. The maximum atomic E-state index is 11.0. The van der Waals surface area contributed by atoms with Gasteiger partial charge >= 0.3 is 0 Å². The van der Waals surface area contributed by atoms with Crippen LogP contribution in [0.25, 0.3) is 16.2 Å². The number of nitro benzene ring substituents is 1. The van der Waals surface area contributed by atoms with E-state index in [0.29, 0.717) is 18.3 Å². The Labute approximate surface area is 157 Å². The second kappa shape index (κ2) is 6.72. The van der Waals surface area contributed by atoms with Crippen molar-refractivity contribution in [2.75, 3.05) is 5.32 Å². The zero-order valence-corrected chi connectivity index (χ0v) is 15.4. The van der Waals surface area contributed by atoms with Crippen LogP contribution in [0.2, 0.25) is 0 Å². The molecule has 4 aromatic rings. The second-order valence-electron chi connectivity index (χ2n) is 5.96. The average Bonchev–Trinajstić information content (AvgIpc) is 3.29. The Morgan fingerprint density at radius 3 is 2.89 bits per heavy atom. The van der Waals surface area contributed by atoms with Gasteiger partial charge in [0.15, 0.2) is 0 Å². The quantitative estimate of drug-likeness (QED) is 0.416. The number of aryl methyl sites for hydroxylation is 2. The molecular formula is C17H15N7O2S. The zero-order valence-electron chi connectivity index (χ0n) is 14.6. The van der Waals surface area contributed by atoms with Gasteiger partial charge in [0.2, 0.25) is 0 Å². The van der Waals surface area contributed by atoms with E-state index in [2.05, 4.69) is 25.4 Å². The number of nitrogens with one attached hydrogen (secondary N) is 1. The third kappa shape index (κ3) is 3.22. The smallest absolute Gasteiger partial charge is 0.269 e. The van der Waals surface area contributed by atoms with Crippen LogP contribution in [0.1, 0.15) is 16.0 Å². The number of aromatic nitrogens is 5. The SMILES string of the molecule is Cc1sc2nc(-n3cncn3)nc(NCc3cccc([N+](=O)[O-])c3)c2c1C. The van der Waals surface area contributed by atoms with Crippen molar-refractivity contribution in [3.8, 4) is 5.95 Å². The number of fused-ring (bicyclic) bond motifs is 1. The second-order valence-corrected chi connectivity index (χ2v) is 7.16. The highest BCUT2D eigenvalue weighted by Gasteiger charge is 2.16. The molecule has 0 spiro atoms. The summed E-state index contributed by atoms with van der Waals surface area (Å²) in [4.78, 5) is 25.7. The Kier molecular flexibility index (Phi) is 4.24. The number of nitro groups is 1. The molecular weight excluding hydrogens is 366 g/mol.